The molecule has 0 atom stereocenters. The Morgan fingerprint density at radius 3 is 2.52 bits per heavy atom. The van der Waals surface area contributed by atoms with Crippen LogP contribution in [-0.2, 0) is 16.1 Å². The molecular weight excluding hydrogens is 449 g/mol. The van der Waals surface area contributed by atoms with Gasteiger partial charge in [0, 0.05) is 10.8 Å². The van der Waals surface area contributed by atoms with Crippen molar-refractivity contribution in [3.05, 3.63) is 87.4 Å². The first kappa shape index (κ1) is 22.2. The zero-order chi connectivity index (χ0) is 23.4. The minimum Gasteiger partial charge on any atom is -0.461 e. The quantitative estimate of drug-likeness (QED) is 0.419. The van der Waals surface area contributed by atoms with Crippen molar-refractivity contribution >= 4 is 39.2 Å². The summed E-state index contributed by atoms with van der Waals surface area (Å²) in [6.45, 7) is 1.80. The lowest BCUT2D eigenvalue weighted by Gasteiger charge is -2.10. The van der Waals surface area contributed by atoms with Crippen LogP contribution in [0.3, 0.4) is 0 Å². The summed E-state index contributed by atoms with van der Waals surface area (Å²) in [6, 6.07) is 14.2. The number of hydrogen-bond donors (Lipinski definition) is 1. The predicted octanol–water partition coefficient (Wildman–Crippen LogP) is 4.51. The predicted molar refractivity (Wildman–Crippen MR) is 121 cm³/mol. The van der Waals surface area contributed by atoms with Gasteiger partial charge in [0.2, 0.25) is 0 Å². The minimum atomic E-state index is -0.759. The van der Waals surface area contributed by atoms with Gasteiger partial charge in [0.1, 0.15) is 17.4 Å². The Kier molecular flexibility index (Phi) is 6.45. The second-order valence-electron chi connectivity index (χ2n) is 6.80. The molecule has 168 valence electrons. The largest absolute Gasteiger partial charge is 0.461 e. The Balaban J connectivity index is 1.73. The number of thiophene rings is 1. The van der Waals surface area contributed by atoms with Gasteiger partial charge in [-0.25, -0.2) is 14.0 Å². The van der Waals surface area contributed by atoms with E-state index < -0.39 is 23.4 Å². The van der Waals surface area contributed by atoms with Crippen LogP contribution in [-0.4, -0.2) is 28.4 Å². The summed E-state index contributed by atoms with van der Waals surface area (Å²) < 4.78 is 24.7. The second kappa shape index (κ2) is 9.61. The van der Waals surface area contributed by atoms with Crippen LogP contribution >= 0.6 is 11.3 Å². The summed E-state index contributed by atoms with van der Waals surface area (Å²) in [4.78, 5) is 38.2. The van der Waals surface area contributed by atoms with Gasteiger partial charge in [0.15, 0.2) is 5.69 Å². The van der Waals surface area contributed by atoms with Crippen molar-refractivity contribution < 1.29 is 23.5 Å². The van der Waals surface area contributed by atoms with E-state index in [4.69, 9.17) is 9.47 Å². The Hall–Kier alpha value is -4.05. The molecule has 2 aromatic heterocycles. The first-order valence-electron chi connectivity index (χ1n) is 9.93. The third-order valence-electron chi connectivity index (χ3n) is 4.62. The number of halogens is 1. The van der Waals surface area contributed by atoms with E-state index in [1.807, 2.05) is 30.3 Å². The van der Waals surface area contributed by atoms with E-state index in [1.54, 1.807) is 6.92 Å². The van der Waals surface area contributed by atoms with Crippen molar-refractivity contribution in [2.75, 3.05) is 11.9 Å². The average Bonchev–Trinajstić information content (AvgIpc) is 3.23. The Morgan fingerprint density at radius 2 is 1.82 bits per heavy atom. The molecule has 0 saturated carbocycles. The van der Waals surface area contributed by atoms with Gasteiger partial charge in [-0.15, -0.1) is 11.3 Å². The monoisotopic (exact) mass is 467 g/mol. The standard InChI is InChI=1S/C23H18FN3O5S/c1-2-31-22(29)19-17-13-33-20(25-23(30)32-12-14-6-4-3-5-7-14)18(17)21(28)27(26-19)16-10-8-15(24)9-11-16/h3-11,13H,2,12H2,1H3,(H,25,30). The number of carbonyl (C=O) groups is 2. The van der Waals surface area contributed by atoms with Crippen LogP contribution in [0.25, 0.3) is 16.5 Å². The number of aromatic nitrogens is 2. The lowest BCUT2D eigenvalue weighted by molar-refractivity contribution is 0.0520. The molecular formula is C23H18FN3O5S. The maximum atomic E-state index is 13.4. The Morgan fingerprint density at radius 1 is 1.09 bits per heavy atom. The van der Waals surface area contributed by atoms with E-state index in [0.29, 0.717) is 0 Å². The van der Waals surface area contributed by atoms with Crippen LogP contribution in [0.5, 0.6) is 0 Å². The molecule has 0 aliphatic carbocycles. The molecule has 2 heterocycles. The summed E-state index contributed by atoms with van der Waals surface area (Å²) in [5.41, 5.74) is 0.357. The van der Waals surface area contributed by atoms with Crippen LogP contribution < -0.4 is 10.9 Å². The van der Waals surface area contributed by atoms with E-state index in [0.717, 1.165) is 21.6 Å². The first-order valence-corrected chi connectivity index (χ1v) is 10.8. The van der Waals surface area contributed by atoms with Crippen LogP contribution in [0, 0.1) is 5.82 Å². The van der Waals surface area contributed by atoms with Crippen LogP contribution in [0.2, 0.25) is 0 Å². The summed E-state index contributed by atoms with van der Waals surface area (Å²) in [7, 11) is 0. The number of benzene rings is 2. The van der Waals surface area contributed by atoms with Gasteiger partial charge in [0.05, 0.1) is 17.7 Å². The van der Waals surface area contributed by atoms with Crippen LogP contribution in [0.15, 0.2) is 64.8 Å². The highest BCUT2D eigenvalue weighted by Crippen LogP contribution is 2.31. The number of fused-ring (bicyclic) bond motifs is 1. The van der Waals surface area contributed by atoms with Crippen molar-refractivity contribution in [2.24, 2.45) is 0 Å². The van der Waals surface area contributed by atoms with Gasteiger partial charge < -0.3 is 9.47 Å². The molecule has 2 aromatic carbocycles. The molecule has 0 aliphatic heterocycles. The molecule has 0 aliphatic rings. The van der Waals surface area contributed by atoms with Gasteiger partial charge in [-0.1, -0.05) is 30.3 Å². The number of rotatable bonds is 6. The molecule has 1 N–H and O–H groups in total. The van der Waals surface area contributed by atoms with E-state index in [-0.39, 0.29) is 40.4 Å². The van der Waals surface area contributed by atoms with Crippen molar-refractivity contribution in [3.63, 3.8) is 0 Å². The topological polar surface area (TPSA) is 99.5 Å². The van der Waals surface area contributed by atoms with Crippen LogP contribution in [0.1, 0.15) is 23.0 Å². The highest BCUT2D eigenvalue weighted by Gasteiger charge is 2.23. The third kappa shape index (κ3) is 4.75. The summed E-state index contributed by atoms with van der Waals surface area (Å²) >= 11 is 1.05. The molecule has 33 heavy (non-hydrogen) atoms. The van der Waals surface area contributed by atoms with E-state index >= 15 is 0 Å². The van der Waals surface area contributed by atoms with Gasteiger partial charge >= 0.3 is 12.1 Å². The molecule has 0 unspecified atom stereocenters. The minimum absolute atomic E-state index is 0.0470. The fourth-order valence-corrected chi connectivity index (χ4v) is 4.02. The maximum absolute atomic E-state index is 13.4. The summed E-state index contributed by atoms with van der Waals surface area (Å²) in [6.07, 6.45) is -0.759. The zero-order valence-electron chi connectivity index (χ0n) is 17.4. The first-order chi connectivity index (χ1) is 16.0. The molecule has 8 nitrogen and oxygen atoms in total. The molecule has 0 bridgehead atoms. The Labute approximate surface area is 191 Å². The smallest absolute Gasteiger partial charge is 0.412 e. The molecule has 0 spiro atoms. The number of nitrogens with one attached hydrogen (secondary N) is 1. The molecule has 4 aromatic rings. The van der Waals surface area contributed by atoms with Gasteiger partial charge in [-0.2, -0.15) is 9.78 Å². The van der Waals surface area contributed by atoms with E-state index in [1.165, 1.54) is 29.6 Å². The lowest BCUT2D eigenvalue weighted by Crippen LogP contribution is -2.25. The number of hydrogen-bond acceptors (Lipinski definition) is 7. The average molecular weight is 467 g/mol. The highest BCUT2D eigenvalue weighted by molar-refractivity contribution is 7.16. The van der Waals surface area contributed by atoms with Crippen molar-refractivity contribution in [1.82, 2.24) is 9.78 Å². The second-order valence-corrected chi connectivity index (χ2v) is 7.68. The summed E-state index contributed by atoms with van der Waals surface area (Å²) in [5.74, 6) is -1.22. The molecule has 10 heteroatoms. The zero-order valence-corrected chi connectivity index (χ0v) is 18.2. The number of anilines is 1. The van der Waals surface area contributed by atoms with Gasteiger partial charge in [-0.05, 0) is 36.8 Å². The number of ether oxygens (including phenoxy) is 2. The molecule has 4 rings (SSSR count). The summed E-state index contributed by atoms with van der Waals surface area (Å²) in [5, 5.41) is 8.76. The fourth-order valence-electron chi connectivity index (χ4n) is 3.10. The molecule has 0 fully saturated rings. The highest BCUT2D eigenvalue weighted by atomic mass is 32.1. The maximum Gasteiger partial charge on any atom is 0.412 e. The van der Waals surface area contributed by atoms with Crippen molar-refractivity contribution in [3.8, 4) is 5.69 Å². The molecule has 1 amide bonds. The molecule has 0 radical (unpaired) electrons. The van der Waals surface area contributed by atoms with Gasteiger partial charge in [-0.3, -0.25) is 10.1 Å². The molecule has 0 saturated heterocycles. The van der Waals surface area contributed by atoms with Crippen molar-refractivity contribution in [1.29, 1.82) is 0 Å². The normalized spacial score (nSPS) is 10.7. The van der Waals surface area contributed by atoms with E-state index in [9.17, 15) is 18.8 Å². The Bertz CT molecular complexity index is 1370. The van der Waals surface area contributed by atoms with E-state index in [2.05, 4.69) is 10.4 Å². The number of esters is 1. The van der Waals surface area contributed by atoms with Crippen LogP contribution in [0.4, 0.5) is 14.2 Å². The number of carbonyl (C=O) groups excluding carboxylic acids is 2. The third-order valence-corrected chi connectivity index (χ3v) is 5.52. The van der Waals surface area contributed by atoms with Gasteiger partial charge in [0.25, 0.3) is 5.56 Å². The number of amides is 1. The van der Waals surface area contributed by atoms with Crippen molar-refractivity contribution in [2.45, 2.75) is 13.5 Å². The number of nitrogens with zero attached hydrogens (tertiary/aromatic N) is 2. The fraction of sp³-hybridized carbons (Fsp3) is 0.130. The lowest BCUT2D eigenvalue weighted by atomic mass is 10.2. The SMILES string of the molecule is CCOC(=O)c1nn(-c2ccc(F)cc2)c(=O)c2c(NC(=O)OCc3ccccc3)scc12.